The quantitative estimate of drug-likeness (QED) is 0.0310. The zero-order valence-electron chi connectivity index (χ0n) is 32.5. The molecular formula is C39H76NO10P. The van der Waals surface area contributed by atoms with Crippen molar-refractivity contribution >= 4 is 25.7 Å². The Morgan fingerprint density at radius 1 is 0.529 bits per heavy atom. The molecule has 0 fully saturated rings. The molecule has 4 N–H and O–H groups in total. The van der Waals surface area contributed by atoms with Crippen LogP contribution in [-0.2, 0) is 37.5 Å². The molecule has 0 aromatic carbocycles. The molecule has 3 atom stereocenters. The van der Waals surface area contributed by atoms with Crippen LogP contribution in [0.15, 0.2) is 0 Å². The Balaban J connectivity index is 4.29. The molecule has 0 amide bonds. The van der Waals surface area contributed by atoms with E-state index in [2.05, 4.69) is 18.4 Å². The number of carboxylic acid groups (broad SMARTS) is 1. The molecule has 0 rings (SSSR count). The number of carbonyl (C=O) groups excluding carboxylic acids is 2. The highest BCUT2D eigenvalue weighted by Crippen LogP contribution is 2.43. The van der Waals surface area contributed by atoms with Gasteiger partial charge in [0.25, 0.3) is 0 Å². The lowest BCUT2D eigenvalue weighted by molar-refractivity contribution is -0.161. The van der Waals surface area contributed by atoms with Gasteiger partial charge in [-0.2, -0.15) is 0 Å². The van der Waals surface area contributed by atoms with Crippen molar-refractivity contribution in [1.29, 1.82) is 0 Å². The van der Waals surface area contributed by atoms with Crippen LogP contribution in [-0.4, -0.2) is 59.9 Å². The normalized spacial score (nSPS) is 13.8. The number of esters is 2. The molecule has 0 saturated heterocycles. The van der Waals surface area contributed by atoms with Gasteiger partial charge in [0.15, 0.2) is 6.10 Å². The summed E-state index contributed by atoms with van der Waals surface area (Å²) < 4.78 is 32.6. The third-order valence-electron chi connectivity index (χ3n) is 9.11. The molecule has 0 radical (unpaired) electrons. The number of aliphatic carboxylic acids is 1. The van der Waals surface area contributed by atoms with Gasteiger partial charge in [-0.05, 0) is 12.8 Å². The van der Waals surface area contributed by atoms with Gasteiger partial charge in [0.1, 0.15) is 12.6 Å². The minimum absolute atomic E-state index is 0.168. The standard InChI is InChI=1S/C39H76NO10P/c1-3-5-7-9-11-13-15-16-17-18-19-20-21-23-24-26-28-30-37(41)47-32-35(33-48-51(45,46)49-34-36(40)39(43)44)50-38(42)31-29-27-25-22-14-12-10-8-6-4-2/h35-36H,3-34,40H2,1-2H3,(H,43,44)(H,45,46)/t35-,36+/m1/s1. The average Bonchev–Trinajstić information content (AvgIpc) is 3.10. The van der Waals surface area contributed by atoms with Crippen LogP contribution in [0.1, 0.15) is 200 Å². The van der Waals surface area contributed by atoms with Crippen molar-refractivity contribution in [2.45, 2.75) is 212 Å². The van der Waals surface area contributed by atoms with Crippen molar-refractivity contribution < 1.29 is 47.5 Å². The molecule has 0 aliphatic carbocycles. The van der Waals surface area contributed by atoms with Gasteiger partial charge in [-0.1, -0.05) is 174 Å². The minimum atomic E-state index is -4.70. The van der Waals surface area contributed by atoms with Crippen molar-refractivity contribution in [2.75, 3.05) is 19.8 Å². The highest BCUT2D eigenvalue weighted by molar-refractivity contribution is 7.47. The monoisotopic (exact) mass is 750 g/mol. The number of hydrogen-bond donors (Lipinski definition) is 3. The first-order valence-corrected chi connectivity index (χ1v) is 22.1. The zero-order valence-corrected chi connectivity index (χ0v) is 33.4. The Morgan fingerprint density at radius 2 is 0.863 bits per heavy atom. The van der Waals surface area contributed by atoms with E-state index in [0.29, 0.717) is 12.8 Å². The van der Waals surface area contributed by atoms with Crippen LogP contribution in [0.2, 0.25) is 0 Å². The maximum atomic E-state index is 12.5. The van der Waals surface area contributed by atoms with Gasteiger partial charge < -0.3 is 25.2 Å². The number of phosphoric acid groups is 1. The fraction of sp³-hybridized carbons (Fsp3) is 0.923. The molecule has 0 aromatic heterocycles. The average molecular weight is 750 g/mol. The van der Waals surface area contributed by atoms with E-state index in [0.717, 1.165) is 38.5 Å². The molecule has 0 heterocycles. The van der Waals surface area contributed by atoms with Gasteiger partial charge in [0.2, 0.25) is 0 Å². The summed E-state index contributed by atoms with van der Waals surface area (Å²) in [5.41, 5.74) is 5.32. The van der Waals surface area contributed by atoms with E-state index in [1.807, 2.05) is 0 Å². The number of phosphoric ester groups is 1. The molecule has 1 unspecified atom stereocenters. The van der Waals surface area contributed by atoms with E-state index in [1.54, 1.807) is 0 Å². The summed E-state index contributed by atoms with van der Waals surface area (Å²) in [6.07, 6.45) is 31.7. The van der Waals surface area contributed by atoms with Crippen molar-refractivity contribution in [3.63, 3.8) is 0 Å². The number of rotatable bonds is 39. The summed E-state index contributed by atoms with van der Waals surface area (Å²) in [6.45, 7) is 2.80. The Labute approximate surface area is 310 Å². The number of carbonyl (C=O) groups is 3. The molecule has 0 spiro atoms. The number of unbranched alkanes of at least 4 members (excludes halogenated alkanes) is 25. The van der Waals surface area contributed by atoms with Crippen LogP contribution in [0.5, 0.6) is 0 Å². The van der Waals surface area contributed by atoms with Crippen LogP contribution in [0.4, 0.5) is 0 Å². The summed E-state index contributed by atoms with van der Waals surface area (Å²) >= 11 is 0. The summed E-state index contributed by atoms with van der Waals surface area (Å²) in [4.78, 5) is 45.7. The lowest BCUT2D eigenvalue weighted by Gasteiger charge is -2.20. The van der Waals surface area contributed by atoms with E-state index in [9.17, 15) is 23.8 Å². The lowest BCUT2D eigenvalue weighted by Crippen LogP contribution is -2.34. The van der Waals surface area contributed by atoms with Crippen LogP contribution in [0.25, 0.3) is 0 Å². The molecule has 0 aliphatic heterocycles. The lowest BCUT2D eigenvalue weighted by atomic mass is 10.0. The topological polar surface area (TPSA) is 172 Å². The largest absolute Gasteiger partial charge is 0.480 e. The van der Waals surface area contributed by atoms with Crippen LogP contribution in [0.3, 0.4) is 0 Å². The summed E-state index contributed by atoms with van der Waals surface area (Å²) in [5, 5.41) is 8.86. The molecule has 0 saturated carbocycles. The van der Waals surface area contributed by atoms with E-state index < -0.39 is 51.1 Å². The SMILES string of the molecule is CCCCCCCCCCCCCCCCCCCC(=O)OC[C@H](COP(=O)(O)OC[C@H](N)C(=O)O)OC(=O)CCCCCCCCCCCC. The van der Waals surface area contributed by atoms with E-state index in [1.165, 1.54) is 122 Å². The molecule has 0 aliphatic rings. The summed E-state index contributed by atoms with van der Waals surface area (Å²) in [5.74, 6) is -2.36. The number of ether oxygens (including phenoxy) is 2. The second kappa shape index (κ2) is 35.5. The van der Waals surface area contributed by atoms with Gasteiger partial charge in [0.05, 0.1) is 13.2 Å². The molecule has 302 valence electrons. The van der Waals surface area contributed by atoms with E-state index in [4.69, 9.17) is 24.8 Å². The van der Waals surface area contributed by atoms with Crippen LogP contribution >= 0.6 is 7.82 Å². The van der Waals surface area contributed by atoms with Crippen molar-refractivity contribution in [3.8, 4) is 0 Å². The second-order valence-corrected chi connectivity index (χ2v) is 15.6. The van der Waals surface area contributed by atoms with Gasteiger partial charge in [-0.15, -0.1) is 0 Å². The molecule has 0 bridgehead atoms. The third kappa shape index (κ3) is 35.3. The highest BCUT2D eigenvalue weighted by Gasteiger charge is 2.28. The maximum Gasteiger partial charge on any atom is 0.472 e. The van der Waals surface area contributed by atoms with E-state index >= 15 is 0 Å². The fourth-order valence-electron chi connectivity index (χ4n) is 5.83. The number of nitrogens with two attached hydrogens (primary N) is 1. The van der Waals surface area contributed by atoms with Crippen LogP contribution in [0, 0.1) is 0 Å². The van der Waals surface area contributed by atoms with Crippen LogP contribution < -0.4 is 5.73 Å². The summed E-state index contributed by atoms with van der Waals surface area (Å²) in [6, 6.07) is -1.51. The number of hydrogen-bond acceptors (Lipinski definition) is 9. The Hall–Kier alpha value is -1.52. The first kappa shape index (κ1) is 49.5. The Morgan fingerprint density at radius 3 is 1.24 bits per heavy atom. The highest BCUT2D eigenvalue weighted by atomic mass is 31.2. The molecular weight excluding hydrogens is 673 g/mol. The molecule has 12 heteroatoms. The fourth-order valence-corrected chi connectivity index (χ4v) is 6.61. The first-order chi connectivity index (χ1) is 24.6. The molecule has 51 heavy (non-hydrogen) atoms. The van der Waals surface area contributed by atoms with Crippen molar-refractivity contribution in [3.05, 3.63) is 0 Å². The molecule has 0 aromatic rings. The van der Waals surface area contributed by atoms with Crippen molar-refractivity contribution in [2.24, 2.45) is 5.73 Å². The zero-order chi connectivity index (χ0) is 37.8. The predicted molar refractivity (Wildman–Crippen MR) is 203 cm³/mol. The second-order valence-electron chi connectivity index (χ2n) is 14.1. The van der Waals surface area contributed by atoms with Gasteiger partial charge in [-0.25, -0.2) is 4.57 Å². The number of carboxylic acids is 1. The summed E-state index contributed by atoms with van der Waals surface area (Å²) in [7, 11) is -4.70. The smallest absolute Gasteiger partial charge is 0.472 e. The Bertz CT molecular complexity index is 890. The molecule has 11 nitrogen and oxygen atoms in total. The van der Waals surface area contributed by atoms with Gasteiger partial charge >= 0.3 is 25.7 Å². The first-order valence-electron chi connectivity index (χ1n) is 20.6. The van der Waals surface area contributed by atoms with Gasteiger partial charge in [-0.3, -0.25) is 23.4 Å². The third-order valence-corrected chi connectivity index (χ3v) is 10.1. The van der Waals surface area contributed by atoms with E-state index in [-0.39, 0.29) is 19.4 Å². The van der Waals surface area contributed by atoms with Crippen molar-refractivity contribution in [1.82, 2.24) is 0 Å². The van der Waals surface area contributed by atoms with Gasteiger partial charge in [0, 0.05) is 12.8 Å². The predicted octanol–water partition coefficient (Wildman–Crippen LogP) is 10.3. The minimum Gasteiger partial charge on any atom is -0.480 e. The maximum absolute atomic E-state index is 12.5. The Kier molecular flexibility index (Phi) is 34.4.